The molecule has 0 radical (unpaired) electrons. The van der Waals surface area contributed by atoms with Crippen LogP contribution in [0.2, 0.25) is 0 Å². The van der Waals surface area contributed by atoms with Crippen LogP contribution in [-0.4, -0.2) is 24.9 Å². The van der Waals surface area contributed by atoms with Gasteiger partial charge < -0.3 is 10.2 Å². The summed E-state index contributed by atoms with van der Waals surface area (Å²) in [5.41, 5.74) is -1.09. The molecule has 0 spiro atoms. The summed E-state index contributed by atoms with van der Waals surface area (Å²) in [6, 6.07) is 4.85. The number of rotatable bonds is 4. The first kappa shape index (κ1) is 16.0. The number of nitrogens with one attached hydrogen (secondary N) is 1. The normalized spacial score (nSPS) is 11.1. The number of alkyl halides is 3. The molecule has 0 aliphatic rings. The number of amides is 2. The number of anilines is 1. The largest absolute Gasteiger partial charge is 0.418 e. The summed E-state index contributed by atoms with van der Waals surface area (Å²) in [5, 5.41) is 2.44. The van der Waals surface area contributed by atoms with Crippen LogP contribution in [0.15, 0.2) is 24.3 Å². The molecule has 20 heavy (non-hydrogen) atoms. The molecule has 0 unspecified atom stereocenters. The quantitative estimate of drug-likeness (QED) is 0.923. The predicted octanol–water partition coefficient (Wildman–Crippen LogP) is 2.19. The molecular weight excluding hydrogens is 273 g/mol. The van der Waals surface area contributed by atoms with E-state index in [0.29, 0.717) is 0 Å². The highest BCUT2D eigenvalue weighted by Gasteiger charge is 2.35. The average Bonchev–Trinajstić information content (AvgIpc) is 2.33. The summed E-state index contributed by atoms with van der Waals surface area (Å²) in [4.78, 5) is 23.3. The summed E-state index contributed by atoms with van der Waals surface area (Å²) >= 11 is 0. The van der Waals surface area contributed by atoms with Crippen LogP contribution in [0.1, 0.15) is 19.4 Å². The Labute approximate surface area is 114 Å². The average molecular weight is 288 g/mol. The van der Waals surface area contributed by atoms with Gasteiger partial charge in [-0.3, -0.25) is 9.59 Å². The second-order valence-corrected chi connectivity index (χ2v) is 4.17. The first-order valence-electron chi connectivity index (χ1n) is 5.92. The summed E-state index contributed by atoms with van der Waals surface area (Å²) < 4.78 is 38.7. The molecule has 2 amide bonds. The lowest BCUT2D eigenvalue weighted by Gasteiger charge is -2.24. The fraction of sp³-hybridized carbons (Fsp3) is 0.385. The molecule has 0 aliphatic heterocycles. The van der Waals surface area contributed by atoms with Crippen molar-refractivity contribution in [1.29, 1.82) is 0 Å². The molecule has 1 aromatic carbocycles. The minimum atomic E-state index is -4.54. The second-order valence-electron chi connectivity index (χ2n) is 4.17. The zero-order chi connectivity index (χ0) is 15.3. The maximum absolute atomic E-state index is 12.9. The zero-order valence-corrected chi connectivity index (χ0v) is 11.1. The zero-order valence-electron chi connectivity index (χ0n) is 11.1. The van der Waals surface area contributed by atoms with Crippen molar-refractivity contribution in [2.24, 2.45) is 0 Å². The van der Waals surface area contributed by atoms with E-state index in [0.717, 1.165) is 11.0 Å². The number of carbonyl (C=O) groups is 2. The lowest BCUT2D eigenvalue weighted by Crippen LogP contribution is -2.37. The molecule has 0 fully saturated rings. The fourth-order valence-corrected chi connectivity index (χ4v) is 1.74. The highest BCUT2D eigenvalue weighted by Crippen LogP contribution is 2.36. The van der Waals surface area contributed by atoms with E-state index in [1.807, 2.05) is 0 Å². The van der Waals surface area contributed by atoms with E-state index < -0.39 is 17.6 Å². The van der Waals surface area contributed by atoms with Crippen LogP contribution in [-0.2, 0) is 15.8 Å². The van der Waals surface area contributed by atoms with Gasteiger partial charge in [0.15, 0.2) is 0 Å². The Bertz CT molecular complexity index is 501. The molecule has 1 aromatic rings. The van der Waals surface area contributed by atoms with Crippen LogP contribution in [0.25, 0.3) is 0 Å². The third-order valence-electron chi connectivity index (χ3n) is 2.59. The van der Waals surface area contributed by atoms with E-state index in [9.17, 15) is 22.8 Å². The number of carbonyl (C=O) groups excluding carboxylic acids is 2. The molecule has 1 N–H and O–H groups in total. The van der Waals surface area contributed by atoms with Crippen LogP contribution in [0.5, 0.6) is 0 Å². The third kappa shape index (κ3) is 4.25. The maximum Gasteiger partial charge on any atom is 0.418 e. The first-order chi connectivity index (χ1) is 9.23. The van der Waals surface area contributed by atoms with Crippen LogP contribution >= 0.6 is 0 Å². The molecule has 0 saturated heterocycles. The molecule has 4 nitrogen and oxygen atoms in total. The number of hydrogen-bond acceptors (Lipinski definition) is 2. The Morgan fingerprint density at radius 1 is 1.20 bits per heavy atom. The molecule has 7 heteroatoms. The maximum atomic E-state index is 12.9. The number of benzene rings is 1. The Kier molecular flexibility index (Phi) is 5.12. The smallest absolute Gasteiger partial charge is 0.355 e. The SMILES string of the molecule is CC(=O)NCCN(C(C)=O)c1ccccc1C(F)(F)F. The van der Waals surface area contributed by atoms with Gasteiger partial charge in [0.1, 0.15) is 0 Å². The van der Waals surface area contributed by atoms with Gasteiger partial charge in [-0.15, -0.1) is 0 Å². The Morgan fingerprint density at radius 3 is 2.30 bits per heavy atom. The number of nitrogens with zero attached hydrogens (tertiary/aromatic N) is 1. The van der Waals surface area contributed by atoms with Gasteiger partial charge in [0, 0.05) is 26.9 Å². The van der Waals surface area contributed by atoms with Gasteiger partial charge in [0.05, 0.1) is 11.3 Å². The van der Waals surface area contributed by atoms with E-state index in [1.165, 1.54) is 32.0 Å². The summed E-state index contributed by atoms with van der Waals surface area (Å²) in [6.07, 6.45) is -4.54. The molecule has 0 aromatic heterocycles. The molecule has 0 bridgehead atoms. The lowest BCUT2D eigenvalue weighted by atomic mass is 10.1. The minimum Gasteiger partial charge on any atom is -0.355 e. The second kappa shape index (κ2) is 6.40. The molecule has 110 valence electrons. The van der Waals surface area contributed by atoms with Crippen LogP contribution in [0.3, 0.4) is 0 Å². The van der Waals surface area contributed by atoms with E-state index in [-0.39, 0.29) is 24.7 Å². The molecule has 0 atom stereocenters. The molecule has 1 rings (SSSR count). The van der Waals surface area contributed by atoms with E-state index in [4.69, 9.17) is 0 Å². The van der Waals surface area contributed by atoms with Gasteiger partial charge >= 0.3 is 6.18 Å². The molecule has 0 aliphatic carbocycles. The Hall–Kier alpha value is -2.05. The van der Waals surface area contributed by atoms with E-state index in [2.05, 4.69) is 5.32 Å². The minimum absolute atomic E-state index is 0.0258. The molecule has 0 saturated carbocycles. The van der Waals surface area contributed by atoms with Crippen molar-refractivity contribution in [1.82, 2.24) is 5.32 Å². The highest BCUT2D eigenvalue weighted by atomic mass is 19.4. The van der Waals surface area contributed by atoms with Gasteiger partial charge in [-0.2, -0.15) is 13.2 Å². The van der Waals surface area contributed by atoms with Crippen molar-refractivity contribution in [2.75, 3.05) is 18.0 Å². The number of hydrogen-bond donors (Lipinski definition) is 1. The first-order valence-corrected chi connectivity index (χ1v) is 5.92. The van der Waals surface area contributed by atoms with Crippen molar-refractivity contribution in [2.45, 2.75) is 20.0 Å². The lowest BCUT2D eigenvalue weighted by molar-refractivity contribution is -0.137. The van der Waals surface area contributed by atoms with Gasteiger partial charge in [0.25, 0.3) is 0 Å². The van der Waals surface area contributed by atoms with Crippen LogP contribution in [0.4, 0.5) is 18.9 Å². The standard InChI is InChI=1S/C13H15F3N2O2/c1-9(19)17-7-8-18(10(2)20)12-6-4-3-5-11(12)13(14,15)16/h3-6H,7-8H2,1-2H3,(H,17,19). The topological polar surface area (TPSA) is 49.4 Å². The molecular formula is C13H15F3N2O2. The van der Waals surface area contributed by atoms with Crippen molar-refractivity contribution >= 4 is 17.5 Å². The van der Waals surface area contributed by atoms with Crippen molar-refractivity contribution in [3.8, 4) is 0 Å². The monoisotopic (exact) mass is 288 g/mol. The van der Waals surface area contributed by atoms with Gasteiger partial charge in [-0.25, -0.2) is 0 Å². The summed E-state index contributed by atoms with van der Waals surface area (Å²) in [5.74, 6) is -0.829. The Morgan fingerprint density at radius 2 is 1.80 bits per heavy atom. The predicted molar refractivity (Wildman–Crippen MR) is 68.2 cm³/mol. The van der Waals surface area contributed by atoms with Gasteiger partial charge in [-0.1, -0.05) is 12.1 Å². The van der Waals surface area contributed by atoms with Crippen molar-refractivity contribution in [3.05, 3.63) is 29.8 Å². The molecule has 0 heterocycles. The third-order valence-corrected chi connectivity index (χ3v) is 2.59. The van der Waals surface area contributed by atoms with Crippen molar-refractivity contribution in [3.63, 3.8) is 0 Å². The number of halogens is 3. The Balaban J connectivity index is 3.03. The van der Waals surface area contributed by atoms with E-state index in [1.54, 1.807) is 0 Å². The van der Waals surface area contributed by atoms with Gasteiger partial charge in [-0.05, 0) is 12.1 Å². The number of para-hydroxylation sites is 1. The van der Waals surface area contributed by atoms with Crippen LogP contribution in [0, 0.1) is 0 Å². The highest BCUT2D eigenvalue weighted by molar-refractivity contribution is 5.92. The van der Waals surface area contributed by atoms with Gasteiger partial charge in [0.2, 0.25) is 11.8 Å². The summed E-state index contributed by atoms with van der Waals surface area (Å²) in [7, 11) is 0. The van der Waals surface area contributed by atoms with Crippen molar-refractivity contribution < 1.29 is 22.8 Å². The fourth-order valence-electron chi connectivity index (χ4n) is 1.74. The van der Waals surface area contributed by atoms with Crippen LogP contribution < -0.4 is 10.2 Å². The van der Waals surface area contributed by atoms with E-state index >= 15 is 0 Å². The summed E-state index contributed by atoms with van der Waals surface area (Å²) in [6.45, 7) is 2.53.